The summed E-state index contributed by atoms with van der Waals surface area (Å²) in [7, 11) is 0. The molecule has 0 spiro atoms. The van der Waals surface area contributed by atoms with Crippen molar-refractivity contribution in [2.75, 3.05) is 13.3 Å². The number of rotatable bonds is 3. The summed E-state index contributed by atoms with van der Waals surface area (Å²) in [5, 5.41) is 5.90. The Morgan fingerprint density at radius 3 is 2.75 bits per heavy atom. The monoisotopic (exact) mass is 326 g/mol. The second-order valence-corrected chi connectivity index (χ2v) is 5.68. The lowest BCUT2D eigenvalue weighted by Crippen LogP contribution is -2.25. The zero-order valence-corrected chi connectivity index (χ0v) is 12.9. The maximum Gasteiger partial charge on any atom is 0.247 e. The first kappa shape index (κ1) is 14.7. The Balaban J connectivity index is 1.48. The van der Waals surface area contributed by atoms with E-state index in [-0.39, 0.29) is 24.9 Å². The lowest BCUT2D eigenvalue weighted by Gasteiger charge is -2.11. The van der Waals surface area contributed by atoms with Crippen LogP contribution in [0.5, 0.6) is 11.5 Å². The van der Waals surface area contributed by atoms with Gasteiger partial charge in [0.2, 0.25) is 12.7 Å². The van der Waals surface area contributed by atoms with Crippen LogP contribution in [0.2, 0.25) is 0 Å². The van der Waals surface area contributed by atoms with E-state index in [2.05, 4.69) is 5.10 Å². The standard InChI is InChI=1S/C18H15FN2O3/c19-14-4-1-12(2-5-14)9-18(22)21-8-7-15(20-21)13-3-6-16-17(10-13)24-11-23-16/h1-6,10H,7-9,11H2. The van der Waals surface area contributed by atoms with Gasteiger partial charge in [-0.05, 0) is 35.9 Å². The van der Waals surface area contributed by atoms with Gasteiger partial charge in [0, 0.05) is 12.0 Å². The molecule has 5 nitrogen and oxygen atoms in total. The molecule has 122 valence electrons. The number of hydrazone groups is 1. The van der Waals surface area contributed by atoms with E-state index >= 15 is 0 Å². The van der Waals surface area contributed by atoms with Crippen molar-refractivity contribution >= 4 is 11.6 Å². The third kappa shape index (κ3) is 2.82. The van der Waals surface area contributed by atoms with Gasteiger partial charge in [-0.15, -0.1) is 0 Å². The summed E-state index contributed by atoms with van der Waals surface area (Å²) in [5.41, 5.74) is 2.55. The highest BCUT2D eigenvalue weighted by atomic mass is 19.1. The summed E-state index contributed by atoms with van der Waals surface area (Å²) in [4.78, 5) is 12.3. The molecule has 0 radical (unpaired) electrons. The Labute approximate surface area is 138 Å². The molecule has 2 aromatic rings. The van der Waals surface area contributed by atoms with Gasteiger partial charge in [0.1, 0.15) is 5.82 Å². The maximum atomic E-state index is 12.9. The fraction of sp³-hybridized carbons (Fsp3) is 0.222. The molecule has 2 aliphatic rings. The molecule has 0 atom stereocenters. The molecule has 0 aliphatic carbocycles. The van der Waals surface area contributed by atoms with Crippen molar-refractivity contribution in [1.82, 2.24) is 5.01 Å². The second-order valence-electron chi connectivity index (χ2n) is 5.68. The molecule has 24 heavy (non-hydrogen) atoms. The number of halogens is 1. The van der Waals surface area contributed by atoms with Crippen LogP contribution in [0.15, 0.2) is 47.6 Å². The first-order valence-corrected chi connectivity index (χ1v) is 7.71. The first-order chi connectivity index (χ1) is 11.7. The molecule has 2 heterocycles. The molecule has 2 aromatic carbocycles. The van der Waals surface area contributed by atoms with Crippen LogP contribution in [0.25, 0.3) is 0 Å². The van der Waals surface area contributed by atoms with Crippen molar-refractivity contribution in [1.29, 1.82) is 0 Å². The van der Waals surface area contributed by atoms with E-state index in [1.807, 2.05) is 18.2 Å². The summed E-state index contributed by atoms with van der Waals surface area (Å²) in [6, 6.07) is 11.6. The molecule has 0 aromatic heterocycles. The summed E-state index contributed by atoms with van der Waals surface area (Å²) in [6.07, 6.45) is 0.896. The molecule has 0 saturated carbocycles. The van der Waals surface area contributed by atoms with Crippen molar-refractivity contribution in [2.45, 2.75) is 12.8 Å². The molecular formula is C18H15FN2O3. The van der Waals surface area contributed by atoms with Gasteiger partial charge in [-0.2, -0.15) is 5.10 Å². The number of hydrogen-bond donors (Lipinski definition) is 0. The molecule has 4 rings (SSSR count). The highest BCUT2D eigenvalue weighted by Crippen LogP contribution is 2.33. The van der Waals surface area contributed by atoms with Crippen LogP contribution in [0.1, 0.15) is 17.5 Å². The summed E-state index contributed by atoms with van der Waals surface area (Å²) >= 11 is 0. The third-order valence-corrected chi connectivity index (χ3v) is 4.06. The molecule has 0 unspecified atom stereocenters. The van der Waals surface area contributed by atoms with Crippen LogP contribution in [0.3, 0.4) is 0 Å². The fourth-order valence-corrected chi connectivity index (χ4v) is 2.78. The van der Waals surface area contributed by atoms with E-state index in [4.69, 9.17) is 9.47 Å². The van der Waals surface area contributed by atoms with Gasteiger partial charge in [-0.25, -0.2) is 9.40 Å². The number of hydrogen-bond acceptors (Lipinski definition) is 4. The van der Waals surface area contributed by atoms with Crippen molar-refractivity contribution in [3.63, 3.8) is 0 Å². The minimum absolute atomic E-state index is 0.0997. The van der Waals surface area contributed by atoms with Crippen molar-refractivity contribution in [2.24, 2.45) is 5.10 Å². The second kappa shape index (κ2) is 5.96. The van der Waals surface area contributed by atoms with E-state index in [0.29, 0.717) is 18.7 Å². The minimum Gasteiger partial charge on any atom is -0.454 e. The predicted molar refractivity (Wildman–Crippen MR) is 85.5 cm³/mol. The lowest BCUT2D eigenvalue weighted by molar-refractivity contribution is -0.130. The summed E-state index contributed by atoms with van der Waals surface area (Å²) in [5.74, 6) is 1.01. The number of ether oxygens (including phenoxy) is 2. The van der Waals surface area contributed by atoms with Crippen molar-refractivity contribution in [3.05, 3.63) is 59.4 Å². The molecule has 2 aliphatic heterocycles. The Bertz CT molecular complexity index is 818. The van der Waals surface area contributed by atoms with E-state index in [9.17, 15) is 9.18 Å². The summed E-state index contributed by atoms with van der Waals surface area (Å²) < 4.78 is 23.6. The van der Waals surface area contributed by atoms with Gasteiger partial charge < -0.3 is 9.47 Å². The van der Waals surface area contributed by atoms with E-state index in [0.717, 1.165) is 22.6 Å². The molecule has 0 N–H and O–H groups in total. The number of carbonyl (C=O) groups excluding carboxylic acids is 1. The van der Waals surface area contributed by atoms with Gasteiger partial charge in [0.15, 0.2) is 11.5 Å². The largest absolute Gasteiger partial charge is 0.454 e. The van der Waals surface area contributed by atoms with E-state index in [1.54, 1.807) is 12.1 Å². The first-order valence-electron chi connectivity index (χ1n) is 7.71. The van der Waals surface area contributed by atoms with Crippen LogP contribution >= 0.6 is 0 Å². The predicted octanol–water partition coefficient (Wildman–Crippen LogP) is 2.73. The normalized spacial score (nSPS) is 15.5. The SMILES string of the molecule is O=C(Cc1ccc(F)cc1)N1CCC(c2ccc3c(c2)OCO3)=N1. The van der Waals surface area contributed by atoms with Crippen LogP contribution in [-0.2, 0) is 11.2 Å². The zero-order valence-electron chi connectivity index (χ0n) is 12.9. The van der Waals surface area contributed by atoms with Crippen molar-refractivity contribution < 1.29 is 18.7 Å². The Hall–Kier alpha value is -2.89. The average molecular weight is 326 g/mol. The number of amides is 1. The third-order valence-electron chi connectivity index (χ3n) is 4.06. The molecule has 6 heteroatoms. The minimum atomic E-state index is -0.310. The Kier molecular flexibility index (Phi) is 3.65. The molecule has 0 saturated heterocycles. The van der Waals surface area contributed by atoms with Gasteiger partial charge in [0.05, 0.1) is 18.7 Å². The Morgan fingerprint density at radius 1 is 1.12 bits per heavy atom. The number of carbonyl (C=O) groups is 1. The van der Waals surface area contributed by atoms with Crippen LogP contribution in [0, 0.1) is 5.82 Å². The zero-order chi connectivity index (χ0) is 16.5. The van der Waals surface area contributed by atoms with Gasteiger partial charge in [-0.1, -0.05) is 12.1 Å². The topological polar surface area (TPSA) is 51.1 Å². The highest BCUT2D eigenvalue weighted by Gasteiger charge is 2.23. The van der Waals surface area contributed by atoms with E-state index in [1.165, 1.54) is 17.1 Å². The number of fused-ring (bicyclic) bond motifs is 1. The average Bonchev–Trinajstić information content (AvgIpc) is 3.25. The van der Waals surface area contributed by atoms with Gasteiger partial charge in [0.25, 0.3) is 0 Å². The lowest BCUT2D eigenvalue weighted by atomic mass is 10.1. The van der Waals surface area contributed by atoms with Gasteiger partial charge in [-0.3, -0.25) is 4.79 Å². The summed E-state index contributed by atoms with van der Waals surface area (Å²) in [6.45, 7) is 0.775. The number of nitrogens with zero attached hydrogens (tertiary/aromatic N) is 2. The quantitative estimate of drug-likeness (QED) is 0.871. The maximum absolute atomic E-state index is 12.9. The van der Waals surface area contributed by atoms with Crippen LogP contribution < -0.4 is 9.47 Å². The highest BCUT2D eigenvalue weighted by molar-refractivity contribution is 6.03. The Morgan fingerprint density at radius 2 is 1.92 bits per heavy atom. The van der Waals surface area contributed by atoms with Gasteiger partial charge >= 0.3 is 0 Å². The van der Waals surface area contributed by atoms with Crippen molar-refractivity contribution in [3.8, 4) is 11.5 Å². The smallest absolute Gasteiger partial charge is 0.247 e. The molecule has 1 amide bonds. The van der Waals surface area contributed by atoms with E-state index < -0.39 is 0 Å². The fourth-order valence-electron chi connectivity index (χ4n) is 2.78. The van der Waals surface area contributed by atoms with Crippen LogP contribution in [0.4, 0.5) is 4.39 Å². The van der Waals surface area contributed by atoms with Crippen LogP contribution in [-0.4, -0.2) is 30.0 Å². The molecule has 0 fully saturated rings. The number of benzene rings is 2. The molecule has 0 bridgehead atoms. The molecular weight excluding hydrogens is 311 g/mol.